The van der Waals surface area contributed by atoms with Gasteiger partial charge in [-0.15, -0.1) is 11.3 Å². The molecule has 3 heterocycles. The van der Waals surface area contributed by atoms with E-state index in [0.29, 0.717) is 5.70 Å². The van der Waals surface area contributed by atoms with Crippen molar-refractivity contribution in [3.05, 3.63) is 44.5 Å². The van der Waals surface area contributed by atoms with Gasteiger partial charge < -0.3 is 5.32 Å². The number of halogens is 1. The lowest BCUT2D eigenvalue weighted by atomic mass is 10.1. The van der Waals surface area contributed by atoms with E-state index in [9.17, 15) is 4.79 Å². The lowest BCUT2D eigenvalue weighted by Gasteiger charge is -2.27. The molecular formula is C12H12ClN3OS. The molecule has 0 saturated heterocycles. The Labute approximate surface area is 114 Å². The van der Waals surface area contributed by atoms with E-state index in [4.69, 9.17) is 11.6 Å². The Balaban J connectivity index is 1.93. The number of aryl methyl sites for hydroxylation is 1. The number of nitrogens with zero attached hydrogens (tertiary/aromatic N) is 1. The third-order valence-electron chi connectivity index (χ3n) is 3.10. The van der Waals surface area contributed by atoms with Gasteiger partial charge in [-0.1, -0.05) is 11.6 Å². The average Bonchev–Trinajstić information content (AvgIpc) is 2.92. The summed E-state index contributed by atoms with van der Waals surface area (Å²) in [6, 6.07) is 2.08. The molecule has 1 unspecified atom stereocenters. The van der Waals surface area contributed by atoms with Gasteiger partial charge in [0.05, 0.1) is 6.04 Å². The largest absolute Gasteiger partial charge is 0.343 e. The van der Waals surface area contributed by atoms with E-state index in [1.54, 1.807) is 18.3 Å². The number of rotatable bonds is 1. The highest BCUT2D eigenvalue weighted by Crippen LogP contribution is 2.32. The number of carbonyl (C=O) groups is 1. The normalized spacial score (nSPS) is 23.1. The van der Waals surface area contributed by atoms with Gasteiger partial charge in [-0.05, 0) is 36.9 Å². The molecule has 2 aliphatic rings. The van der Waals surface area contributed by atoms with E-state index in [1.807, 2.05) is 11.5 Å². The van der Waals surface area contributed by atoms with Crippen LogP contribution in [0.5, 0.6) is 0 Å². The molecule has 0 saturated carbocycles. The van der Waals surface area contributed by atoms with Gasteiger partial charge in [-0.3, -0.25) is 4.79 Å². The van der Waals surface area contributed by atoms with Crippen LogP contribution in [0.4, 0.5) is 0 Å². The molecule has 0 fully saturated rings. The number of hydrazine groups is 1. The maximum absolute atomic E-state index is 12.0. The molecule has 0 aliphatic carbocycles. The minimum atomic E-state index is -0.213. The van der Waals surface area contributed by atoms with Crippen molar-refractivity contribution in [3.8, 4) is 0 Å². The van der Waals surface area contributed by atoms with Crippen LogP contribution < -0.4 is 10.7 Å². The third-order valence-corrected chi connectivity index (χ3v) is 4.41. The van der Waals surface area contributed by atoms with Crippen LogP contribution >= 0.6 is 22.9 Å². The summed E-state index contributed by atoms with van der Waals surface area (Å²) < 4.78 is 0. The van der Waals surface area contributed by atoms with Crippen LogP contribution in [0.1, 0.15) is 23.4 Å². The SMILES string of the molecule is CC1=C(Cl)C(=O)N2NC(c3ccsc3C)C=C2N1. The molecule has 94 valence electrons. The fourth-order valence-corrected chi connectivity index (χ4v) is 3.01. The number of fused-ring (bicyclic) bond motifs is 1. The number of hydrogen-bond acceptors (Lipinski definition) is 4. The van der Waals surface area contributed by atoms with Crippen molar-refractivity contribution < 1.29 is 4.79 Å². The van der Waals surface area contributed by atoms with Gasteiger partial charge in [0.1, 0.15) is 10.9 Å². The summed E-state index contributed by atoms with van der Waals surface area (Å²) >= 11 is 7.65. The first kappa shape index (κ1) is 11.8. The molecule has 1 atom stereocenters. The van der Waals surface area contributed by atoms with Crippen LogP contribution in [0.15, 0.2) is 34.1 Å². The van der Waals surface area contributed by atoms with Crippen LogP contribution in [0.3, 0.4) is 0 Å². The minimum absolute atomic E-state index is 0.0121. The number of allylic oxidation sites excluding steroid dienone is 1. The topological polar surface area (TPSA) is 44.4 Å². The molecule has 2 N–H and O–H groups in total. The van der Waals surface area contributed by atoms with Gasteiger partial charge >= 0.3 is 0 Å². The first-order chi connectivity index (χ1) is 8.58. The Hall–Kier alpha value is -1.30. The van der Waals surface area contributed by atoms with Crippen LogP contribution in [-0.2, 0) is 4.79 Å². The maximum atomic E-state index is 12.0. The van der Waals surface area contributed by atoms with Gasteiger partial charge in [-0.2, -0.15) is 0 Å². The molecule has 6 heteroatoms. The van der Waals surface area contributed by atoms with Gasteiger partial charge in [0.2, 0.25) is 0 Å². The van der Waals surface area contributed by atoms with Crippen molar-refractivity contribution in [2.24, 2.45) is 0 Å². The lowest BCUT2D eigenvalue weighted by molar-refractivity contribution is -0.127. The number of nitrogens with one attached hydrogen (secondary N) is 2. The number of amides is 1. The van der Waals surface area contributed by atoms with E-state index in [0.717, 1.165) is 5.82 Å². The quantitative estimate of drug-likeness (QED) is 0.831. The Kier molecular flexibility index (Phi) is 2.69. The maximum Gasteiger partial charge on any atom is 0.287 e. The Morgan fingerprint density at radius 3 is 2.89 bits per heavy atom. The second-order valence-electron chi connectivity index (χ2n) is 4.30. The molecule has 1 aromatic heterocycles. The zero-order valence-corrected chi connectivity index (χ0v) is 11.5. The van der Waals surface area contributed by atoms with Crippen molar-refractivity contribution in [2.45, 2.75) is 19.9 Å². The summed E-state index contributed by atoms with van der Waals surface area (Å²) in [6.07, 6.45) is 2.00. The fraction of sp³-hybridized carbons (Fsp3) is 0.250. The molecular weight excluding hydrogens is 270 g/mol. The Morgan fingerprint density at radius 1 is 1.44 bits per heavy atom. The zero-order valence-electron chi connectivity index (χ0n) is 9.95. The Bertz CT molecular complexity index is 590. The summed E-state index contributed by atoms with van der Waals surface area (Å²) in [5.74, 6) is 0.534. The van der Waals surface area contributed by atoms with E-state index < -0.39 is 0 Å². The molecule has 0 aromatic carbocycles. The van der Waals surface area contributed by atoms with E-state index in [1.165, 1.54) is 15.4 Å². The van der Waals surface area contributed by atoms with Crippen molar-refractivity contribution in [3.63, 3.8) is 0 Å². The van der Waals surface area contributed by atoms with Gasteiger partial charge in [-0.25, -0.2) is 10.4 Å². The summed E-state index contributed by atoms with van der Waals surface area (Å²) in [5, 5.41) is 6.87. The third kappa shape index (κ3) is 1.67. The number of thiophene rings is 1. The summed E-state index contributed by atoms with van der Waals surface area (Å²) in [7, 11) is 0. The number of hydrogen-bond donors (Lipinski definition) is 2. The van der Waals surface area contributed by atoms with Gasteiger partial charge in [0.15, 0.2) is 0 Å². The highest BCUT2D eigenvalue weighted by Gasteiger charge is 2.35. The lowest BCUT2D eigenvalue weighted by Crippen LogP contribution is -2.45. The monoisotopic (exact) mass is 281 g/mol. The van der Waals surface area contributed by atoms with Crippen molar-refractivity contribution in [1.29, 1.82) is 0 Å². The zero-order chi connectivity index (χ0) is 12.9. The first-order valence-electron chi connectivity index (χ1n) is 5.58. The predicted molar refractivity (Wildman–Crippen MR) is 71.6 cm³/mol. The highest BCUT2D eigenvalue weighted by molar-refractivity contribution is 7.10. The summed E-state index contributed by atoms with van der Waals surface area (Å²) in [4.78, 5) is 13.3. The van der Waals surface area contributed by atoms with Crippen LogP contribution in [0.2, 0.25) is 0 Å². The summed E-state index contributed by atoms with van der Waals surface area (Å²) in [5.41, 5.74) is 5.03. The molecule has 0 spiro atoms. The van der Waals surface area contributed by atoms with Gasteiger partial charge in [0.25, 0.3) is 5.91 Å². The second kappa shape index (κ2) is 4.12. The van der Waals surface area contributed by atoms with E-state index in [-0.39, 0.29) is 17.0 Å². The second-order valence-corrected chi connectivity index (χ2v) is 5.79. The smallest absolute Gasteiger partial charge is 0.287 e. The van der Waals surface area contributed by atoms with Crippen LogP contribution in [0.25, 0.3) is 0 Å². The molecule has 4 nitrogen and oxygen atoms in total. The Morgan fingerprint density at radius 2 is 2.22 bits per heavy atom. The molecule has 18 heavy (non-hydrogen) atoms. The molecule has 1 aromatic rings. The standard InChI is InChI=1S/C12H12ClN3OS/c1-6-11(13)12(17)16-10(14-6)5-9(15-16)8-3-4-18-7(8)2/h3-5,9,14-15H,1-2H3. The van der Waals surface area contributed by atoms with Crippen molar-refractivity contribution in [1.82, 2.24) is 15.8 Å². The molecule has 0 bridgehead atoms. The molecule has 2 aliphatic heterocycles. The van der Waals surface area contributed by atoms with Crippen LogP contribution in [-0.4, -0.2) is 10.9 Å². The average molecular weight is 282 g/mol. The molecule has 3 rings (SSSR count). The highest BCUT2D eigenvalue weighted by atomic mass is 35.5. The van der Waals surface area contributed by atoms with Crippen molar-refractivity contribution >= 4 is 28.8 Å². The molecule has 1 amide bonds. The van der Waals surface area contributed by atoms with Crippen LogP contribution in [0, 0.1) is 6.92 Å². The van der Waals surface area contributed by atoms with Gasteiger partial charge in [0, 0.05) is 10.6 Å². The number of carbonyl (C=O) groups excluding carboxylic acids is 1. The van der Waals surface area contributed by atoms with E-state index in [2.05, 4.69) is 23.7 Å². The first-order valence-corrected chi connectivity index (χ1v) is 6.83. The van der Waals surface area contributed by atoms with E-state index >= 15 is 0 Å². The summed E-state index contributed by atoms with van der Waals surface area (Å²) in [6.45, 7) is 3.87. The predicted octanol–water partition coefficient (Wildman–Crippen LogP) is 2.36. The minimum Gasteiger partial charge on any atom is -0.343 e. The fourth-order valence-electron chi connectivity index (χ4n) is 2.13. The molecule has 0 radical (unpaired) electrons. The van der Waals surface area contributed by atoms with Crippen molar-refractivity contribution in [2.75, 3.05) is 0 Å².